The lowest BCUT2D eigenvalue weighted by Gasteiger charge is -2.36. The molecule has 0 fully saturated rings. The number of rotatable bonds is 16. The molecule has 0 aromatic heterocycles. The first-order valence-corrected chi connectivity index (χ1v) is 16.9. The molecule has 2 aliphatic rings. The van der Waals surface area contributed by atoms with Gasteiger partial charge in [0.15, 0.2) is 0 Å². The molecule has 1 aliphatic carbocycles. The maximum absolute atomic E-state index is 6.41. The molecule has 180 valence electrons. The van der Waals surface area contributed by atoms with Crippen LogP contribution in [0.25, 0.3) is 0 Å². The highest BCUT2D eigenvalue weighted by atomic mass is 28.3. The van der Waals surface area contributed by atoms with Gasteiger partial charge in [0.05, 0.1) is 19.8 Å². The van der Waals surface area contributed by atoms with Crippen molar-refractivity contribution in [1.29, 1.82) is 0 Å². The highest BCUT2D eigenvalue weighted by Gasteiger charge is 2.40. The summed E-state index contributed by atoms with van der Waals surface area (Å²) in [5.41, 5.74) is 4.29. The van der Waals surface area contributed by atoms with Crippen LogP contribution in [0.3, 0.4) is 0 Å². The summed E-state index contributed by atoms with van der Waals surface area (Å²) >= 11 is 0. The van der Waals surface area contributed by atoms with E-state index in [4.69, 9.17) is 23.7 Å². The van der Waals surface area contributed by atoms with Gasteiger partial charge < -0.3 is 18.9 Å². The Bertz CT molecular complexity index is 505. The Morgan fingerprint density at radius 2 is 1.68 bits per heavy atom. The molecule has 5 nitrogen and oxygen atoms in total. The second kappa shape index (κ2) is 15.6. The van der Waals surface area contributed by atoms with Crippen molar-refractivity contribution >= 4 is 22.9 Å². The van der Waals surface area contributed by atoms with Gasteiger partial charge in [0.25, 0.3) is 0 Å². The van der Waals surface area contributed by atoms with Crippen molar-refractivity contribution in [2.45, 2.75) is 108 Å². The monoisotopic (exact) mass is 470 g/mol. The van der Waals surface area contributed by atoms with Gasteiger partial charge in [-0.15, -0.1) is 5.67 Å². The van der Waals surface area contributed by atoms with Crippen LogP contribution in [-0.2, 0) is 23.7 Å². The minimum Gasteiger partial charge on any atom is -0.360 e. The van der Waals surface area contributed by atoms with Crippen molar-refractivity contribution in [1.82, 2.24) is 0 Å². The van der Waals surface area contributed by atoms with Crippen LogP contribution in [0.1, 0.15) is 72.1 Å². The van der Waals surface area contributed by atoms with E-state index in [1.165, 1.54) is 75.5 Å². The minimum absolute atomic E-state index is 0.278. The first kappa shape index (κ1) is 27.1. The smallest absolute Gasteiger partial charge is 0.360 e. The van der Waals surface area contributed by atoms with E-state index in [1.807, 2.05) is 20.8 Å². The third-order valence-corrected chi connectivity index (χ3v) is 12.9. The van der Waals surface area contributed by atoms with E-state index in [2.05, 4.69) is 11.7 Å². The standard InChI is InChI=1S/C24H46O5Si2/c1-5-26-24(27-6-2,28-7-3)29-23(25-4)31(19-16-22-14-10-8-11-15-22)21-20-30-17-12-9-13-18-30/h14,17,23,31H,5-13,15-16,18-21H2,1-4H3. The lowest BCUT2D eigenvalue weighted by molar-refractivity contribution is -0.512. The van der Waals surface area contributed by atoms with Crippen molar-refractivity contribution in [2.75, 3.05) is 26.9 Å². The minimum atomic E-state index is -1.46. The van der Waals surface area contributed by atoms with E-state index >= 15 is 0 Å². The van der Waals surface area contributed by atoms with Crippen LogP contribution >= 0.6 is 0 Å². The molecule has 1 aliphatic heterocycles. The molecule has 7 heteroatoms. The third-order valence-electron chi connectivity index (χ3n) is 6.28. The van der Waals surface area contributed by atoms with E-state index in [0.717, 1.165) is 0 Å². The summed E-state index contributed by atoms with van der Waals surface area (Å²) in [5.74, 6) is -0.278. The highest BCUT2D eigenvalue weighted by Crippen LogP contribution is 2.28. The van der Waals surface area contributed by atoms with E-state index in [-0.39, 0.29) is 14.3 Å². The fraction of sp³-hybridized carbons (Fsp3) is 0.875. The number of hydrogen-bond donors (Lipinski definition) is 0. The molecule has 0 spiro atoms. The van der Waals surface area contributed by atoms with Crippen LogP contribution < -0.4 is 0 Å². The average Bonchev–Trinajstić information content (AvgIpc) is 2.80. The van der Waals surface area contributed by atoms with Gasteiger partial charge in [0, 0.05) is 15.5 Å². The van der Waals surface area contributed by atoms with Gasteiger partial charge in [-0.3, -0.25) is 4.74 Å². The number of methoxy groups -OCH3 is 1. The van der Waals surface area contributed by atoms with Crippen LogP contribution in [0, 0.1) is 0 Å². The van der Waals surface area contributed by atoms with Gasteiger partial charge in [-0.2, -0.15) is 0 Å². The Balaban J connectivity index is 2.11. The second-order valence-corrected chi connectivity index (χ2v) is 14.5. The van der Waals surface area contributed by atoms with Gasteiger partial charge >= 0.3 is 6.16 Å². The zero-order valence-electron chi connectivity index (χ0n) is 20.5. The second-order valence-electron chi connectivity index (χ2n) is 8.57. The van der Waals surface area contributed by atoms with Crippen molar-refractivity contribution in [3.63, 3.8) is 0 Å². The number of allylic oxidation sites excluding steroid dienone is 2. The predicted octanol–water partition coefficient (Wildman–Crippen LogP) is 5.42. The van der Waals surface area contributed by atoms with Gasteiger partial charge in [-0.1, -0.05) is 36.6 Å². The number of ether oxygens (including phenoxy) is 5. The molecule has 0 aromatic carbocycles. The lowest BCUT2D eigenvalue weighted by Crippen LogP contribution is -2.50. The Morgan fingerprint density at radius 1 is 0.968 bits per heavy atom. The molecular formula is C24H46O5Si2. The Kier molecular flexibility index (Phi) is 13.7. The van der Waals surface area contributed by atoms with Gasteiger partial charge in [-0.25, -0.2) is 0 Å². The van der Waals surface area contributed by atoms with Crippen molar-refractivity contribution < 1.29 is 23.7 Å². The fourth-order valence-corrected chi connectivity index (χ4v) is 11.9. The molecule has 2 unspecified atom stereocenters. The summed E-state index contributed by atoms with van der Waals surface area (Å²) in [4.78, 5) is 0. The van der Waals surface area contributed by atoms with E-state index in [0.29, 0.717) is 19.8 Å². The Labute approximate surface area is 193 Å². The van der Waals surface area contributed by atoms with Crippen LogP contribution in [0.4, 0.5) is 0 Å². The molecule has 2 rings (SSSR count). The molecule has 0 saturated heterocycles. The highest BCUT2D eigenvalue weighted by molar-refractivity contribution is 6.69. The van der Waals surface area contributed by atoms with Gasteiger partial charge in [0.2, 0.25) is 0 Å². The van der Waals surface area contributed by atoms with Crippen molar-refractivity contribution in [2.24, 2.45) is 0 Å². The Hall–Kier alpha value is -0.156. The molecule has 0 N–H and O–H groups in total. The average molecular weight is 471 g/mol. The first-order chi connectivity index (χ1) is 15.2. The summed E-state index contributed by atoms with van der Waals surface area (Å²) in [7, 11) is 0.0695. The predicted molar refractivity (Wildman–Crippen MR) is 133 cm³/mol. The zero-order chi connectivity index (χ0) is 22.4. The fourth-order valence-electron chi connectivity index (χ4n) is 4.66. The molecule has 1 heterocycles. The first-order valence-electron chi connectivity index (χ1n) is 12.6. The summed E-state index contributed by atoms with van der Waals surface area (Å²) in [6, 6.07) is 5.27. The SMILES string of the molecule is CCOC(OCC)(OCC)OC(OC)[SiH](CCC1=CCCCC1)CC[Si]1=CCCCC1. The third kappa shape index (κ3) is 9.70. The summed E-state index contributed by atoms with van der Waals surface area (Å²) in [6.07, 6.45) is 11.5. The maximum atomic E-state index is 6.41. The zero-order valence-corrected chi connectivity index (χ0v) is 22.6. The quantitative estimate of drug-likeness (QED) is 0.171. The largest absolute Gasteiger partial charge is 0.414 e. The molecule has 31 heavy (non-hydrogen) atoms. The number of hydrogen-bond acceptors (Lipinski definition) is 5. The van der Waals surface area contributed by atoms with Crippen LogP contribution in [0.15, 0.2) is 11.6 Å². The lowest BCUT2D eigenvalue weighted by atomic mass is 9.98. The van der Waals surface area contributed by atoms with Gasteiger partial charge in [-0.05, 0) is 71.4 Å². The van der Waals surface area contributed by atoms with Crippen molar-refractivity contribution in [3.05, 3.63) is 11.6 Å². The maximum Gasteiger partial charge on any atom is 0.414 e. The molecule has 0 aromatic rings. The van der Waals surface area contributed by atoms with Crippen LogP contribution in [-0.4, -0.2) is 61.9 Å². The van der Waals surface area contributed by atoms with Gasteiger partial charge in [0.1, 0.15) is 14.7 Å². The van der Waals surface area contributed by atoms with E-state index in [1.54, 1.807) is 12.7 Å². The summed E-state index contributed by atoms with van der Waals surface area (Å²) in [5, 5.41) is 0. The molecule has 0 radical (unpaired) electrons. The summed E-state index contributed by atoms with van der Waals surface area (Å²) < 4.78 is 29.9. The normalized spacial score (nSPS) is 19.6. The molecular weight excluding hydrogens is 424 g/mol. The molecule has 0 saturated carbocycles. The van der Waals surface area contributed by atoms with Crippen LogP contribution in [0.2, 0.25) is 24.2 Å². The molecule has 0 amide bonds. The molecule has 0 bridgehead atoms. The molecule has 2 atom stereocenters. The Morgan fingerprint density at radius 3 is 2.23 bits per heavy atom. The van der Waals surface area contributed by atoms with E-state index in [9.17, 15) is 0 Å². The summed E-state index contributed by atoms with van der Waals surface area (Å²) in [6.45, 7) is 7.18. The van der Waals surface area contributed by atoms with Crippen LogP contribution in [0.5, 0.6) is 0 Å². The van der Waals surface area contributed by atoms with Crippen molar-refractivity contribution in [3.8, 4) is 0 Å². The van der Waals surface area contributed by atoms with E-state index < -0.39 is 15.0 Å². The topological polar surface area (TPSA) is 46.2 Å².